The van der Waals surface area contributed by atoms with Gasteiger partial charge in [-0.15, -0.1) is 0 Å². The van der Waals surface area contributed by atoms with Crippen molar-refractivity contribution in [2.75, 3.05) is 0 Å². The van der Waals surface area contributed by atoms with Gasteiger partial charge in [0.1, 0.15) is 0 Å². The van der Waals surface area contributed by atoms with Gasteiger partial charge in [-0.1, -0.05) is 54.9 Å². The third-order valence-electron chi connectivity index (χ3n) is 4.84. The zero-order valence-corrected chi connectivity index (χ0v) is 16.2. The number of nitrogens with one attached hydrogen (secondary N) is 1. The van der Waals surface area contributed by atoms with Crippen LogP contribution >= 0.6 is 11.6 Å². The summed E-state index contributed by atoms with van der Waals surface area (Å²) in [7, 11) is 0. The van der Waals surface area contributed by atoms with E-state index in [1.807, 2.05) is 61.5 Å². The van der Waals surface area contributed by atoms with Gasteiger partial charge in [0.15, 0.2) is 0 Å². The Hall–Kier alpha value is -2.59. The molecule has 0 radical (unpaired) electrons. The van der Waals surface area contributed by atoms with Crippen LogP contribution in [-0.4, -0.2) is 16.7 Å². The molecule has 2 aromatic rings. The standard InChI is InChI=1S/C22H23ClN2O2/c1-3-20(17-8-6-9-18(23)13-17)24-22(27)14-21-19-10-5-4-7-16(19)11-12-25(21)15(2)26/h4-13,20-21H,3,14H2,1-2H3,(H,24,27). The fraction of sp³-hybridized carbons (Fsp3) is 0.273. The molecule has 1 heterocycles. The van der Waals surface area contributed by atoms with E-state index < -0.39 is 0 Å². The number of carbonyl (C=O) groups is 2. The monoisotopic (exact) mass is 382 g/mol. The summed E-state index contributed by atoms with van der Waals surface area (Å²) in [6.45, 7) is 3.54. The molecule has 2 amide bonds. The fourth-order valence-corrected chi connectivity index (χ4v) is 3.69. The molecule has 4 nitrogen and oxygen atoms in total. The molecule has 0 spiro atoms. The molecule has 1 N–H and O–H groups in total. The van der Waals surface area contributed by atoms with Crippen molar-refractivity contribution in [1.82, 2.24) is 10.2 Å². The van der Waals surface area contributed by atoms with Crippen molar-refractivity contribution in [3.05, 3.63) is 76.4 Å². The number of halogens is 1. The Morgan fingerprint density at radius 2 is 1.96 bits per heavy atom. The van der Waals surface area contributed by atoms with E-state index in [9.17, 15) is 9.59 Å². The van der Waals surface area contributed by atoms with Gasteiger partial charge in [-0.3, -0.25) is 9.59 Å². The SMILES string of the molecule is CCC(NC(=O)CC1c2ccccc2C=CN1C(C)=O)c1cccc(Cl)c1. The van der Waals surface area contributed by atoms with Crippen LogP contribution in [0.5, 0.6) is 0 Å². The third-order valence-corrected chi connectivity index (χ3v) is 5.08. The minimum atomic E-state index is -0.305. The highest BCUT2D eigenvalue weighted by molar-refractivity contribution is 6.30. The normalized spacial score (nSPS) is 16.6. The number of carbonyl (C=O) groups excluding carboxylic acids is 2. The molecule has 2 atom stereocenters. The number of hydrogen-bond donors (Lipinski definition) is 1. The summed E-state index contributed by atoms with van der Waals surface area (Å²) in [6, 6.07) is 15.0. The average molecular weight is 383 g/mol. The summed E-state index contributed by atoms with van der Waals surface area (Å²) < 4.78 is 0. The minimum absolute atomic E-state index is 0.0829. The van der Waals surface area contributed by atoms with Crippen LogP contribution in [0.25, 0.3) is 6.08 Å². The van der Waals surface area contributed by atoms with E-state index in [2.05, 4.69) is 5.32 Å². The molecular weight excluding hydrogens is 360 g/mol. The van der Waals surface area contributed by atoms with Gasteiger partial charge in [-0.05, 0) is 41.3 Å². The molecule has 0 saturated carbocycles. The van der Waals surface area contributed by atoms with Gasteiger partial charge >= 0.3 is 0 Å². The lowest BCUT2D eigenvalue weighted by Gasteiger charge is -2.32. The van der Waals surface area contributed by atoms with Crippen LogP contribution in [0.3, 0.4) is 0 Å². The summed E-state index contributed by atoms with van der Waals surface area (Å²) in [4.78, 5) is 26.5. The second-order valence-electron chi connectivity index (χ2n) is 6.67. The average Bonchev–Trinajstić information content (AvgIpc) is 2.66. The lowest BCUT2D eigenvalue weighted by Crippen LogP contribution is -2.36. The molecule has 1 aliphatic rings. The molecule has 5 heteroatoms. The van der Waals surface area contributed by atoms with Gasteiger partial charge in [-0.25, -0.2) is 0 Å². The summed E-state index contributed by atoms with van der Waals surface area (Å²) in [5.74, 6) is -0.177. The second kappa shape index (κ2) is 8.40. The minimum Gasteiger partial charge on any atom is -0.349 e. The van der Waals surface area contributed by atoms with Gasteiger partial charge in [0.25, 0.3) is 0 Å². The zero-order valence-electron chi connectivity index (χ0n) is 15.5. The number of fused-ring (bicyclic) bond motifs is 1. The van der Waals surface area contributed by atoms with Crippen LogP contribution in [0.15, 0.2) is 54.7 Å². The zero-order chi connectivity index (χ0) is 19.4. The van der Waals surface area contributed by atoms with Gasteiger partial charge in [-0.2, -0.15) is 0 Å². The van der Waals surface area contributed by atoms with Gasteiger partial charge in [0, 0.05) is 18.1 Å². The van der Waals surface area contributed by atoms with Crippen molar-refractivity contribution < 1.29 is 9.59 Å². The number of rotatable bonds is 5. The van der Waals surface area contributed by atoms with Gasteiger partial charge < -0.3 is 10.2 Å². The van der Waals surface area contributed by atoms with Crippen LogP contribution in [0, 0.1) is 0 Å². The predicted molar refractivity (Wildman–Crippen MR) is 108 cm³/mol. The molecule has 0 fully saturated rings. The molecule has 2 unspecified atom stereocenters. The molecule has 140 valence electrons. The van der Waals surface area contributed by atoms with Crippen molar-refractivity contribution in [2.24, 2.45) is 0 Å². The van der Waals surface area contributed by atoms with Gasteiger partial charge in [0.2, 0.25) is 11.8 Å². The van der Waals surface area contributed by atoms with E-state index in [4.69, 9.17) is 11.6 Å². The van der Waals surface area contributed by atoms with Crippen LogP contribution in [-0.2, 0) is 9.59 Å². The Labute approximate surface area is 164 Å². The highest BCUT2D eigenvalue weighted by Crippen LogP contribution is 2.33. The Balaban J connectivity index is 1.79. The molecular formula is C22H23ClN2O2. The van der Waals surface area contributed by atoms with Crippen molar-refractivity contribution in [3.8, 4) is 0 Å². The van der Waals surface area contributed by atoms with Crippen molar-refractivity contribution in [3.63, 3.8) is 0 Å². The first-order chi connectivity index (χ1) is 13.0. The van der Waals surface area contributed by atoms with E-state index >= 15 is 0 Å². The Kier molecular flexibility index (Phi) is 5.97. The third kappa shape index (κ3) is 4.40. The van der Waals surface area contributed by atoms with Gasteiger partial charge in [0.05, 0.1) is 18.5 Å². The summed E-state index contributed by atoms with van der Waals surface area (Å²) in [5.41, 5.74) is 3.00. The van der Waals surface area contributed by atoms with Crippen LogP contribution < -0.4 is 5.32 Å². The first-order valence-corrected chi connectivity index (χ1v) is 9.48. The maximum atomic E-state index is 12.8. The van der Waals surface area contributed by atoms with E-state index in [1.165, 1.54) is 6.92 Å². The maximum absolute atomic E-state index is 12.8. The quantitative estimate of drug-likeness (QED) is 0.801. The van der Waals surface area contributed by atoms with Crippen molar-refractivity contribution in [1.29, 1.82) is 0 Å². The van der Waals surface area contributed by atoms with E-state index in [1.54, 1.807) is 11.1 Å². The van der Waals surface area contributed by atoms with E-state index in [0.717, 1.165) is 23.1 Å². The Morgan fingerprint density at radius 3 is 2.67 bits per heavy atom. The Bertz CT molecular complexity index is 878. The predicted octanol–water partition coefficient (Wildman–Crippen LogP) is 4.87. The van der Waals surface area contributed by atoms with Crippen LogP contribution in [0.1, 0.15) is 55.5 Å². The molecule has 0 aromatic heterocycles. The molecule has 3 rings (SSSR count). The maximum Gasteiger partial charge on any atom is 0.223 e. The smallest absolute Gasteiger partial charge is 0.223 e. The molecule has 0 bridgehead atoms. The van der Waals surface area contributed by atoms with Crippen molar-refractivity contribution in [2.45, 2.75) is 38.8 Å². The molecule has 0 aliphatic carbocycles. The summed E-state index contributed by atoms with van der Waals surface area (Å²) in [5, 5.41) is 3.74. The second-order valence-corrected chi connectivity index (χ2v) is 7.11. The highest BCUT2D eigenvalue weighted by atomic mass is 35.5. The molecule has 0 saturated heterocycles. The first kappa shape index (κ1) is 19.2. The summed E-state index contributed by atoms with van der Waals surface area (Å²) in [6.07, 6.45) is 4.63. The fourth-order valence-electron chi connectivity index (χ4n) is 3.49. The van der Waals surface area contributed by atoms with Crippen LogP contribution in [0.2, 0.25) is 5.02 Å². The Morgan fingerprint density at radius 1 is 1.19 bits per heavy atom. The lowest BCUT2D eigenvalue weighted by atomic mass is 9.93. The highest BCUT2D eigenvalue weighted by Gasteiger charge is 2.28. The first-order valence-electron chi connectivity index (χ1n) is 9.10. The lowest BCUT2D eigenvalue weighted by molar-refractivity contribution is -0.130. The molecule has 27 heavy (non-hydrogen) atoms. The van der Waals surface area contributed by atoms with E-state index in [0.29, 0.717) is 5.02 Å². The number of nitrogens with zero attached hydrogens (tertiary/aromatic N) is 1. The molecule has 1 aliphatic heterocycles. The number of benzene rings is 2. The number of hydrogen-bond acceptors (Lipinski definition) is 2. The molecule has 2 aromatic carbocycles. The number of amides is 2. The summed E-state index contributed by atoms with van der Waals surface area (Å²) >= 11 is 6.08. The van der Waals surface area contributed by atoms with Crippen molar-refractivity contribution >= 4 is 29.5 Å². The van der Waals surface area contributed by atoms with Crippen LogP contribution in [0.4, 0.5) is 0 Å². The topological polar surface area (TPSA) is 49.4 Å². The van der Waals surface area contributed by atoms with E-state index in [-0.39, 0.29) is 30.3 Å². The largest absolute Gasteiger partial charge is 0.349 e.